The second-order valence-electron chi connectivity index (χ2n) is 11.2. The number of anilines is 3. The van der Waals surface area contributed by atoms with Gasteiger partial charge >= 0.3 is 12.1 Å². The number of fused-ring (bicyclic) bond motifs is 1. The highest BCUT2D eigenvalue weighted by Gasteiger charge is 2.28. The maximum absolute atomic E-state index is 13.5. The summed E-state index contributed by atoms with van der Waals surface area (Å²) in [6, 6.07) is 14.0. The van der Waals surface area contributed by atoms with E-state index in [-0.39, 0.29) is 29.3 Å². The van der Waals surface area contributed by atoms with E-state index in [1.54, 1.807) is 18.2 Å². The van der Waals surface area contributed by atoms with E-state index in [1.165, 1.54) is 14.2 Å². The average molecular weight is 563 g/mol. The highest BCUT2D eigenvalue weighted by Crippen LogP contribution is 2.39. The number of amides is 4. The molecular weight excluding hydrogens is 524 g/mol. The second-order valence-corrected chi connectivity index (χ2v) is 11.2. The van der Waals surface area contributed by atoms with Crippen molar-refractivity contribution in [2.24, 2.45) is 0 Å². The molecule has 4 rings (SSSR count). The summed E-state index contributed by atoms with van der Waals surface area (Å²) in [6.07, 6.45) is -0.752. The molecular formula is C31H38N4O6. The summed E-state index contributed by atoms with van der Waals surface area (Å²) >= 11 is 0. The maximum Gasteiger partial charge on any atom is 0.411 e. The van der Waals surface area contributed by atoms with Crippen LogP contribution >= 0.6 is 0 Å². The maximum atomic E-state index is 13.5. The number of methoxy groups -OCH3 is 2. The summed E-state index contributed by atoms with van der Waals surface area (Å²) in [5.74, 6) is 0.201. The number of nitrogens with zero attached hydrogens (tertiary/aromatic N) is 1. The highest BCUT2D eigenvalue weighted by molar-refractivity contribution is 6.13. The quantitative estimate of drug-likeness (QED) is 0.340. The van der Waals surface area contributed by atoms with Crippen molar-refractivity contribution in [1.82, 2.24) is 4.90 Å². The predicted molar refractivity (Wildman–Crippen MR) is 160 cm³/mol. The minimum Gasteiger partial charge on any atom is -0.492 e. The van der Waals surface area contributed by atoms with Gasteiger partial charge in [0.2, 0.25) is 0 Å². The van der Waals surface area contributed by atoms with Crippen LogP contribution in [0.4, 0.5) is 26.7 Å². The zero-order chi connectivity index (χ0) is 29.9. The standard InChI is InChI=1S/C31H38N4O6/c1-18-16-35(17-19(2)41-18)28(36)23-12-13-24(22-11-9-8-10-21(22)23)32-29(37)33-25-14-20(31(3,4)5)15-26(27(25)39-6)34-30(38)40-7/h8-15,18-19H,16-17H2,1-7H3,(H,34,38)(H2,32,33,37)/t18-,19-/m1/s1. The largest absolute Gasteiger partial charge is 0.492 e. The third-order valence-corrected chi connectivity index (χ3v) is 6.94. The average Bonchev–Trinajstić information content (AvgIpc) is 2.91. The molecule has 4 amide bonds. The number of benzene rings is 3. The molecule has 1 heterocycles. The lowest BCUT2D eigenvalue weighted by Gasteiger charge is -2.35. The van der Waals surface area contributed by atoms with Gasteiger partial charge < -0.3 is 29.7 Å². The SMILES string of the molecule is COC(=O)Nc1cc(C(C)(C)C)cc(NC(=O)Nc2ccc(C(=O)N3C[C@@H](C)O[C@H](C)C3)c3ccccc23)c1OC. The van der Waals surface area contributed by atoms with Crippen LogP contribution in [0.5, 0.6) is 5.75 Å². The number of hydrogen-bond acceptors (Lipinski definition) is 6. The highest BCUT2D eigenvalue weighted by atomic mass is 16.5. The molecule has 10 nitrogen and oxygen atoms in total. The van der Waals surface area contributed by atoms with Crippen molar-refractivity contribution < 1.29 is 28.6 Å². The van der Waals surface area contributed by atoms with Gasteiger partial charge in [0, 0.05) is 24.0 Å². The van der Waals surface area contributed by atoms with E-state index >= 15 is 0 Å². The van der Waals surface area contributed by atoms with Gasteiger partial charge in [0.25, 0.3) is 5.91 Å². The smallest absolute Gasteiger partial charge is 0.411 e. The van der Waals surface area contributed by atoms with Crippen LogP contribution in [0.1, 0.15) is 50.5 Å². The molecule has 218 valence electrons. The fraction of sp³-hybridized carbons (Fsp3) is 0.387. The Balaban J connectivity index is 1.64. The molecule has 0 aromatic heterocycles. The molecule has 0 spiro atoms. The lowest BCUT2D eigenvalue weighted by Crippen LogP contribution is -2.48. The van der Waals surface area contributed by atoms with Crippen LogP contribution < -0.4 is 20.7 Å². The Bertz CT molecular complexity index is 1450. The number of carbonyl (C=O) groups excluding carboxylic acids is 3. The lowest BCUT2D eigenvalue weighted by molar-refractivity contribution is -0.0585. The lowest BCUT2D eigenvalue weighted by atomic mass is 9.86. The first-order valence-corrected chi connectivity index (χ1v) is 13.5. The van der Waals surface area contributed by atoms with Crippen LogP contribution in [0.15, 0.2) is 48.5 Å². The fourth-order valence-electron chi connectivity index (χ4n) is 5.01. The van der Waals surface area contributed by atoms with Crippen molar-refractivity contribution in [3.63, 3.8) is 0 Å². The van der Waals surface area contributed by atoms with Crippen LogP contribution in [-0.2, 0) is 14.9 Å². The molecule has 3 aromatic carbocycles. The molecule has 1 aliphatic heterocycles. The van der Waals surface area contributed by atoms with Gasteiger partial charge in [0.05, 0.1) is 43.5 Å². The molecule has 10 heteroatoms. The van der Waals surface area contributed by atoms with E-state index in [1.807, 2.05) is 69.9 Å². The van der Waals surface area contributed by atoms with Crippen molar-refractivity contribution in [1.29, 1.82) is 0 Å². The van der Waals surface area contributed by atoms with E-state index in [2.05, 4.69) is 16.0 Å². The number of morpholine rings is 1. The molecule has 0 bridgehead atoms. The van der Waals surface area contributed by atoms with E-state index in [0.717, 1.165) is 16.3 Å². The Hall–Kier alpha value is -4.31. The molecule has 41 heavy (non-hydrogen) atoms. The van der Waals surface area contributed by atoms with Gasteiger partial charge in [-0.1, -0.05) is 45.0 Å². The fourth-order valence-corrected chi connectivity index (χ4v) is 5.01. The zero-order valence-electron chi connectivity index (χ0n) is 24.6. The minimum atomic E-state index is -0.660. The molecule has 2 atom stereocenters. The van der Waals surface area contributed by atoms with Crippen LogP contribution in [0, 0.1) is 0 Å². The van der Waals surface area contributed by atoms with E-state index in [4.69, 9.17) is 14.2 Å². The Morgan fingerprint density at radius 2 is 1.44 bits per heavy atom. The molecule has 0 saturated carbocycles. The molecule has 3 N–H and O–H groups in total. The molecule has 0 radical (unpaired) electrons. The van der Waals surface area contributed by atoms with E-state index in [9.17, 15) is 14.4 Å². The van der Waals surface area contributed by atoms with Gasteiger partial charge in [-0.25, -0.2) is 9.59 Å². The van der Waals surface area contributed by atoms with E-state index in [0.29, 0.717) is 35.7 Å². The minimum absolute atomic E-state index is 0.0456. The normalized spacial score (nSPS) is 17.1. The summed E-state index contributed by atoms with van der Waals surface area (Å²) in [4.78, 5) is 40.6. The first-order chi connectivity index (χ1) is 19.4. The monoisotopic (exact) mass is 562 g/mol. The van der Waals surface area contributed by atoms with Crippen LogP contribution in [0.2, 0.25) is 0 Å². The number of carbonyl (C=O) groups is 3. The first kappa shape index (κ1) is 29.7. The van der Waals surface area contributed by atoms with Gasteiger partial charge in [0.15, 0.2) is 5.75 Å². The Kier molecular flexibility index (Phi) is 8.72. The first-order valence-electron chi connectivity index (χ1n) is 13.5. The third kappa shape index (κ3) is 6.71. The van der Waals surface area contributed by atoms with Crippen molar-refractivity contribution in [2.75, 3.05) is 43.3 Å². The summed E-state index contributed by atoms with van der Waals surface area (Å²) < 4.78 is 16.1. The van der Waals surface area contributed by atoms with Gasteiger partial charge in [-0.2, -0.15) is 0 Å². The summed E-state index contributed by atoms with van der Waals surface area (Å²) in [5, 5.41) is 9.89. The Morgan fingerprint density at radius 1 is 0.854 bits per heavy atom. The number of hydrogen-bond donors (Lipinski definition) is 3. The van der Waals surface area contributed by atoms with Gasteiger partial charge in [-0.05, 0) is 54.5 Å². The van der Waals surface area contributed by atoms with Crippen LogP contribution in [0.3, 0.4) is 0 Å². The molecule has 1 aliphatic rings. The van der Waals surface area contributed by atoms with Crippen molar-refractivity contribution in [3.8, 4) is 5.75 Å². The molecule has 0 aliphatic carbocycles. The Morgan fingerprint density at radius 3 is 2.02 bits per heavy atom. The topological polar surface area (TPSA) is 118 Å². The van der Waals surface area contributed by atoms with Gasteiger partial charge in [-0.3, -0.25) is 10.1 Å². The van der Waals surface area contributed by atoms with Crippen molar-refractivity contribution >= 4 is 45.9 Å². The van der Waals surface area contributed by atoms with E-state index < -0.39 is 12.1 Å². The summed E-state index contributed by atoms with van der Waals surface area (Å²) in [7, 11) is 2.73. The molecule has 1 saturated heterocycles. The number of urea groups is 1. The van der Waals surface area contributed by atoms with Gasteiger partial charge in [-0.15, -0.1) is 0 Å². The third-order valence-electron chi connectivity index (χ3n) is 6.94. The van der Waals surface area contributed by atoms with Gasteiger partial charge in [0.1, 0.15) is 0 Å². The van der Waals surface area contributed by atoms with Crippen molar-refractivity contribution in [3.05, 3.63) is 59.7 Å². The number of rotatable bonds is 5. The molecule has 1 fully saturated rings. The zero-order valence-corrected chi connectivity index (χ0v) is 24.6. The van der Waals surface area contributed by atoms with Crippen molar-refractivity contribution in [2.45, 2.75) is 52.2 Å². The second kappa shape index (κ2) is 12.1. The summed E-state index contributed by atoms with van der Waals surface area (Å²) in [6.45, 7) is 11.0. The Labute approximate surface area is 240 Å². The molecule has 3 aromatic rings. The van der Waals surface area contributed by atoms with Crippen LogP contribution in [-0.4, -0.2) is 62.4 Å². The number of nitrogens with one attached hydrogen (secondary N) is 3. The molecule has 0 unspecified atom stereocenters. The summed E-state index contributed by atoms with van der Waals surface area (Å²) in [5.41, 5.74) is 2.40. The predicted octanol–water partition coefficient (Wildman–Crippen LogP) is 6.22. The van der Waals surface area contributed by atoms with Crippen LogP contribution in [0.25, 0.3) is 10.8 Å². The number of ether oxygens (including phenoxy) is 3.